The molecule has 1 fully saturated rings. The minimum atomic E-state index is -2.96. The Morgan fingerprint density at radius 2 is 2.05 bits per heavy atom. The summed E-state index contributed by atoms with van der Waals surface area (Å²) in [6.45, 7) is 2.47. The molecule has 2 aromatic rings. The molecule has 1 aliphatic rings. The van der Waals surface area contributed by atoms with Gasteiger partial charge in [-0.15, -0.1) is 0 Å². The molecule has 1 N–H and O–H groups in total. The first-order valence-corrected chi connectivity index (χ1v) is 8.63. The van der Waals surface area contributed by atoms with Gasteiger partial charge in [0.05, 0.1) is 18.1 Å². The van der Waals surface area contributed by atoms with Gasteiger partial charge in [-0.2, -0.15) is 0 Å². The van der Waals surface area contributed by atoms with Crippen LogP contribution in [0, 0.1) is 5.92 Å². The van der Waals surface area contributed by atoms with Crippen LogP contribution >= 0.6 is 0 Å². The summed E-state index contributed by atoms with van der Waals surface area (Å²) >= 11 is 0. The fourth-order valence-corrected chi connectivity index (χ4v) is 4.67. The predicted octanol–water partition coefficient (Wildman–Crippen LogP) is 0.566. The number of hydrogen-bond acceptors (Lipinski definition) is 6. The zero-order valence-corrected chi connectivity index (χ0v) is 12.5. The van der Waals surface area contributed by atoms with Crippen molar-refractivity contribution in [3.63, 3.8) is 0 Å². The highest BCUT2D eigenvalue weighted by Gasteiger charge is 2.35. The molecule has 112 valence electrons. The van der Waals surface area contributed by atoms with Crippen molar-refractivity contribution < 1.29 is 8.42 Å². The second-order valence-corrected chi connectivity index (χ2v) is 7.60. The topological polar surface area (TPSA) is 89.8 Å². The van der Waals surface area contributed by atoms with Crippen LogP contribution in [0.4, 0.5) is 5.95 Å². The Labute approximate surface area is 123 Å². The van der Waals surface area contributed by atoms with E-state index in [1.54, 1.807) is 4.68 Å². The number of aromatic nitrogens is 4. The largest absolute Gasteiger partial charge is 0.349 e. The maximum absolute atomic E-state index is 11.7. The number of anilines is 1. The van der Waals surface area contributed by atoms with Crippen molar-refractivity contribution >= 4 is 15.8 Å². The Morgan fingerprint density at radius 3 is 2.71 bits per heavy atom. The average Bonchev–Trinajstić information content (AvgIpc) is 2.96. The molecule has 1 aliphatic heterocycles. The highest BCUT2D eigenvalue weighted by Crippen LogP contribution is 2.21. The smallest absolute Gasteiger partial charge is 0.243 e. The SMILES string of the molecule is C[C@@H]1CS(=O)(=O)C[C@@H]1Nc1nnnn1Cc1ccccc1. The number of nitrogens with one attached hydrogen (secondary N) is 1. The number of rotatable bonds is 4. The van der Waals surface area contributed by atoms with Gasteiger partial charge < -0.3 is 5.32 Å². The molecule has 1 saturated heterocycles. The third-order valence-corrected chi connectivity index (χ3v) is 5.56. The Hall–Kier alpha value is -1.96. The van der Waals surface area contributed by atoms with Crippen LogP contribution < -0.4 is 5.32 Å². The van der Waals surface area contributed by atoms with Crippen molar-refractivity contribution in [2.75, 3.05) is 16.8 Å². The van der Waals surface area contributed by atoms with Crippen LogP contribution in [0.15, 0.2) is 30.3 Å². The summed E-state index contributed by atoms with van der Waals surface area (Å²) in [7, 11) is -2.96. The fourth-order valence-electron chi connectivity index (χ4n) is 2.54. The molecule has 3 rings (SSSR count). The lowest BCUT2D eigenvalue weighted by Gasteiger charge is -2.16. The first-order valence-electron chi connectivity index (χ1n) is 6.80. The van der Waals surface area contributed by atoms with E-state index in [2.05, 4.69) is 20.8 Å². The average molecular weight is 307 g/mol. The summed E-state index contributed by atoms with van der Waals surface area (Å²) in [6.07, 6.45) is 0. The monoisotopic (exact) mass is 307 g/mol. The van der Waals surface area contributed by atoms with Gasteiger partial charge >= 0.3 is 0 Å². The lowest BCUT2D eigenvalue weighted by atomic mass is 10.1. The molecular weight excluding hydrogens is 290 g/mol. The quantitative estimate of drug-likeness (QED) is 0.888. The summed E-state index contributed by atoms with van der Waals surface area (Å²) in [5, 5.41) is 14.7. The van der Waals surface area contributed by atoms with Gasteiger partial charge in [0.1, 0.15) is 0 Å². The number of nitrogens with zero attached hydrogens (tertiary/aromatic N) is 4. The van der Waals surface area contributed by atoms with Crippen molar-refractivity contribution in [1.29, 1.82) is 0 Å². The molecule has 2 heterocycles. The molecule has 21 heavy (non-hydrogen) atoms. The number of hydrogen-bond donors (Lipinski definition) is 1. The van der Waals surface area contributed by atoms with Gasteiger partial charge in [0.2, 0.25) is 5.95 Å². The van der Waals surface area contributed by atoms with Crippen molar-refractivity contribution in [2.24, 2.45) is 5.92 Å². The van der Waals surface area contributed by atoms with Gasteiger partial charge in [0.25, 0.3) is 0 Å². The Kier molecular flexibility index (Phi) is 3.62. The fraction of sp³-hybridized carbons (Fsp3) is 0.462. The molecule has 8 heteroatoms. The normalized spacial score (nSPS) is 24.0. The van der Waals surface area contributed by atoms with Gasteiger partial charge in [-0.3, -0.25) is 0 Å². The summed E-state index contributed by atoms with van der Waals surface area (Å²) < 4.78 is 25.0. The van der Waals surface area contributed by atoms with Crippen LogP contribution in [0.1, 0.15) is 12.5 Å². The highest BCUT2D eigenvalue weighted by molar-refractivity contribution is 7.91. The van der Waals surface area contributed by atoms with E-state index < -0.39 is 9.84 Å². The zero-order chi connectivity index (χ0) is 14.9. The van der Waals surface area contributed by atoms with Gasteiger partial charge in [0, 0.05) is 6.04 Å². The predicted molar refractivity (Wildman–Crippen MR) is 78.6 cm³/mol. The van der Waals surface area contributed by atoms with E-state index in [-0.39, 0.29) is 23.5 Å². The molecule has 1 aromatic carbocycles. The minimum Gasteiger partial charge on any atom is -0.349 e. The molecule has 2 atom stereocenters. The molecule has 0 bridgehead atoms. The molecule has 7 nitrogen and oxygen atoms in total. The number of sulfone groups is 1. The lowest BCUT2D eigenvalue weighted by molar-refractivity contribution is 0.580. The molecule has 0 aliphatic carbocycles. The van der Waals surface area contributed by atoms with E-state index in [4.69, 9.17) is 0 Å². The van der Waals surface area contributed by atoms with E-state index in [9.17, 15) is 8.42 Å². The van der Waals surface area contributed by atoms with Crippen molar-refractivity contribution in [1.82, 2.24) is 20.2 Å². The Morgan fingerprint density at radius 1 is 1.29 bits per heavy atom. The third kappa shape index (κ3) is 3.21. The Bertz CT molecular complexity index is 713. The number of tetrazole rings is 1. The van der Waals surface area contributed by atoms with E-state index in [1.165, 1.54) is 0 Å². The third-order valence-electron chi connectivity index (χ3n) is 3.66. The van der Waals surface area contributed by atoms with Crippen LogP contribution in [0.3, 0.4) is 0 Å². The van der Waals surface area contributed by atoms with Crippen LogP contribution in [0.2, 0.25) is 0 Å². The molecular formula is C13H17N5O2S. The highest BCUT2D eigenvalue weighted by atomic mass is 32.2. The van der Waals surface area contributed by atoms with Crippen LogP contribution in [0.5, 0.6) is 0 Å². The first-order chi connectivity index (χ1) is 10.0. The van der Waals surface area contributed by atoms with E-state index >= 15 is 0 Å². The van der Waals surface area contributed by atoms with Gasteiger partial charge in [-0.05, 0) is 21.9 Å². The summed E-state index contributed by atoms with van der Waals surface area (Å²) in [5.41, 5.74) is 1.08. The first kappa shape index (κ1) is 14.0. The van der Waals surface area contributed by atoms with Gasteiger partial charge in [0.15, 0.2) is 9.84 Å². The zero-order valence-electron chi connectivity index (χ0n) is 11.7. The maximum Gasteiger partial charge on any atom is 0.243 e. The maximum atomic E-state index is 11.7. The second kappa shape index (κ2) is 5.44. The standard InChI is InChI=1S/C13H17N5O2S/c1-10-8-21(19,20)9-12(10)14-13-15-16-17-18(13)7-11-5-3-2-4-6-11/h2-6,10,12H,7-9H2,1H3,(H,14,15,17)/t10-,12+/m1/s1. The summed E-state index contributed by atoms with van der Waals surface area (Å²) in [4.78, 5) is 0. The molecule has 1 aromatic heterocycles. The summed E-state index contributed by atoms with van der Waals surface area (Å²) in [5.74, 6) is 0.904. The van der Waals surface area contributed by atoms with E-state index in [0.29, 0.717) is 12.5 Å². The van der Waals surface area contributed by atoms with E-state index in [0.717, 1.165) is 5.56 Å². The minimum absolute atomic E-state index is 0.0527. The van der Waals surface area contributed by atoms with Gasteiger partial charge in [-0.1, -0.05) is 42.4 Å². The Balaban J connectivity index is 1.74. The van der Waals surface area contributed by atoms with Crippen molar-refractivity contribution in [3.8, 4) is 0 Å². The molecule has 0 saturated carbocycles. The molecule has 0 radical (unpaired) electrons. The molecule has 0 amide bonds. The molecule has 0 spiro atoms. The van der Waals surface area contributed by atoms with Crippen LogP contribution in [0.25, 0.3) is 0 Å². The summed E-state index contributed by atoms with van der Waals surface area (Å²) in [6, 6.07) is 9.71. The van der Waals surface area contributed by atoms with Crippen LogP contribution in [-0.2, 0) is 16.4 Å². The van der Waals surface area contributed by atoms with E-state index in [1.807, 2.05) is 37.3 Å². The van der Waals surface area contributed by atoms with Crippen LogP contribution in [-0.4, -0.2) is 46.2 Å². The lowest BCUT2D eigenvalue weighted by Crippen LogP contribution is -2.28. The second-order valence-electron chi connectivity index (χ2n) is 5.45. The number of benzene rings is 1. The molecule has 0 unspecified atom stereocenters. The van der Waals surface area contributed by atoms with Gasteiger partial charge in [-0.25, -0.2) is 13.1 Å². The van der Waals surface area contributed by atoms with Crippen molar-refractivity contribution in [2.45, 2.75) is 19.5 Å². The van der Waals surface area contributed by atoms with Crippen molar-refractivity contribution in [3.05, 3.63) is 35.9 Å².